The van der Waals surface area contributed by atoms with Gasteiger partial charge in [0, 0.05) is 0 Å². The average Bonchev–Trinajstić information content (AvgIpc) is 1.62. The van der Waals surface area contributed by atoms with E-state index in [0.717, 1.165) is 0 Å². The van der Waals surface area contributed by atoms with Gasteiger partial charge in [-0.15, -0.1) is 0 Å². The molecular weight excluding hydrogens is 167 g/mol. The second-order valence-electron chi connectivity index (χ2n) is 2.74. The molecule has 1 nitrogen and oxygen atoms in total. The third-order valence-electron chi connectivity index (χ3n) is 0.798. The van der Waals surface area contributed by atoms with Gasteiger partial charge in [-0.3, -0.25) is 0 Å². The summed E-state index contributed by atoms with van der Waals surface area (Å²) in [4.78, 5) is 10.9. The van der Waals surface area contributed by atoms with Gasteiger partial charge in [0.1, 0.15) is 0 Å². The van der Waals surface area contributed by atoms with Gasteiger partial charge in [-0.1, -0.05) is 0 Å². The van der Waals surface area contributed by atoms with Crippen molar-refractivity contribution in [2.45, 2.75) is 26.6 Å². The molecule has 0 aromatic rings. The molecule has 0 saturated heterocycles. The van der Waals surface area contributed by atoms with Crippen LogP contribution >= 0.6 is 0 Å². The third-order valence-corrected chi connectivity index (χ3v) is 2.86. The summed E-state index contributed by atoms with van der Waals surface area (Å²) in [6.45, 7) is 5.88. The van der Waals surface area contributed by atoms with Crippen molar-refractivity contribution in [3.05, 3.63) is 0 Å². The van der Waals surface area contributed by atoms with E-state index < -0.39 is 0 Å². The minimum atomic E-state index is -0.102. The van der Waals surface area contributed by atoms with Crippen LogP contribution in [0.5, 0.6) is 0 Å². The van der Waals surface area contributed by atoms with Gasteiger partial charge in [-0.25, -0.2) is 0 Å². The van der Waals surface area contributed by atoms with Crippen molar-refractivity contribution in [3.8, 4) is 0 Å². The fourth-order valence-corrected chi connectivity index (χ4v) is 1.59. The van der Waals surface area contributed by atoms with E-state index in [4.69, 9.17) is 0 Å². The summed E-state index contributed by atoms with van der Waals surface area (Å²) in [5, 5.41) is 0. The molecule has 0 radical (unpaired) electrons. The number of carbonyl (C=O) groups is 1. The Labute approximate surface area is 57.0 Å². The SMILES string of the molecule is C[Se]C(=O)C(C)(C)C. The van der Waals surface area contributed by atoms with E-state index in [1.54, 1.807) is 0 Å². The van der Waals surface area contributed by atoms with Crippen molar-refractivity contribution in [1.29, 1.82) is 0 Å². The van der Waals surface area contributed by atoms with Crippen LogP contribution in [0.4, 0.5) is 0 Å². The topological polar surface area (TPSA) is 17.1 Å². The predicted octanol–water partition coefficient (Wildman–Crippen LogP) is 1.31. The first-order chi connectivity index (χ1) is 3.48. The number of rotatable bonds is 1. The molecule has 0 aromatic carbocycles. The van der Waals surface area contributed by atoms with Crippen LogP contribution in [0, 0.1) is 5.41 Å². The average molecular weight is 179 g/mol. The standard InChI is InChI=1S/C6H12OSe/c1-6(2,3)5(7)8-4/h1-4H3. The maximum absolute atomic E-state index is 10.9. The Morgan fingerprint density at radius 3 is 1.75 bits per heavy atom. The van der Waals surface area contributed by atoms with Crippen molar-refractivity contribution in [1.82, 2.24) is 0 Å². The first kappa shape index (κ1) is 8.19. The zero-order valence-electron chi connectivity index (χ0n) is 5.82. The van der Waals surface area contributed by atoms with Crippen LogP contribution in [0.25, 0.3) is 0 Å². The van der Waals surface area contributed by atoms with E-state index >= 15 is 0 Å². The summed E-state index contributed by atoms with van der Waals surface area (Å²) in [6.07, 6.45) is 0. The van der Waals surface area contributed by atoms with Crippen LogP contribution in [0.3, 0.4) is 0 Å². The Morgan fingerprint density at radius 2 is 1.75 bits per heavy atom. The van der Waals surface area contributed by atoms with E-state index in [1.165, 1.54) is 0 Å². The van der Waals surface area contributed by atoms with Crippen molar-refractivity contribution >= 4 is 19.6 Å². The Kier molecular flexibility index (Phi) is 2.72. The molecule has 0 aliphatic heterocycles. The van der Waals surface area contributed by atoms with Gasteiger partial charge in [0.05, 0.1) is 0 Å². The van der Waals surface area contributed by atoms with Gasteiger partial charge < -0.3 is 0 Å². The molecule has 0 aromatic heterocycles. The molecule has 2 heteroatoms. The first-order valence-corrected chi connectivity index (χ1v) is 5.14. The van der Waals surface area contributed by atoms with Crippen LogP contribution in [-0.2, 0) is 4.79 Å². The molecule has 0 atom stereocenters. The van der Waals surface area contributed by atoms with Gasteiger partial charge in [0.25, 0.3) is 0 Å². The number of hydrogen-bond donors (Lipinski definition) is 0. The number of hydrogen-bond acceptors (Lipinski definition) is 1. The molecule has 0 bridgehead atoms. The zero-order valence-corrected chi connectivity index (χ0v) is 7.53. The summed E-state index contributed by atoms with van der Waals surface area (Å²) >= 11 is 0.179. The molecular formula is C6H12OSe. The van der Waals surface area contributed by atoms with Gasteiger partial charge in [-0.05, 0) is 0 Å². The van der Waals surface area contributed by atoms with Crippen LogP contribution in [-0.4, -0.2) is 19.6 Å². The van der Waals surface area contributed by atoms with Crippen LogP contribution < -0.4 is 0 Å². The molecule has 48 valence electrons. The van der Waals surface area contributed by atoms with Crippen molar-refractivity contribution in [3.63, 3.8) is 0 Å². The van der Waals surface area contributed by atoms with Crippen molar-refractivity contribution in [2.75, 3.05) is 0 Å². The van der Waals surface area contributed by atoms with Gasteiger partial charge in [0.15, 0.2) is 0 Å². The van der Waals surface area contributed by atoms with Crippen LogP contribution in [0.2, 0.25) is 5.82 Å². The second-order valence-corrected chi connectivity index (χ2v) is 4.38. The van der Waals surface area contributed by atoms with E-state index in [2.05, 4.69) is 0 Å². The monoisotopic (exact) mass is 180 g/mol. The molecule has 0 heterocycles. The second kappa shape index (κ2) is 2.65. The van der Waals surface area contributed by atoms with E-state index in [1.807, 2.05) is 26.6 Å². The normalized spacial score (nSPS) is 11.5. The Morgan fingerprint density at radius 1 is 1.38 bits per heavy atom. The Bertz CT molecular complexity index is 91.2. The summed E-state index contributed by atoms with van der Waals surface area (Å²) in [5.74, 6) is 1.96. The molecule has 0 aliphatic carbocycles. The van der Waals surface area contributed by atoms with Crippen molar-refractivity contribution in [2.24, 2.45) is 5.41 Å². The van der Waals surface area contributed by atoms with E-state index in [0.29, 0.717) is 4.68 Å². The Hall–Kier alpha value is 0.189. The summed E-state index contributed by atoms with van der Waals surface area (Å²) < 4.78 is 0.394. The van der Waals surface area contributed by atoms with Gasteiger partial charge >= 0.3 is 56.4 Å². The van der Waals surface area contributed by atoms with Crippen LogP contribution in [0.15, 0.2) is 0 Å². The molecule has 0 fully saturated rings. The molecule has 0 rings (SSSR count). The molecule has 0 saturated carbocycles. The maximum atomic E-state index is 10.9. The molecule has 0 unspecified atom stereocenters. The van der Waals surface area contributed by atoms with Gasteiger partial charge in [0.2, 0.25) is 0 Å². The summed E-state index contributed by atoms with van der Waals surface area (Å²) in [7, 11) is 0. The fraction of sp³-hybridized carbons (Fsp3) is 0.833. The predicted molar refractivity (Wildman–Crippen MR) is 36.1 cm³/mol. The van der Waals surface area contributed by atoms with Crippen LogP contribution in [0.1, 0.15) is 20.8 Å². The molecule has 0 aliphatic rings. The molecule has 0 spiro atoms. The zero-order chi connectivity index (χ0) is 6.78. The van der Waals surface area contributed by atoms with Crippen molar-refractivity contribution < 1.29 is 4.79 Å². The fourth-order valence-electron chi connectivity index (χ4n) is 0.306. The van der Waals surface area contributed by atoms with E-state index in [9.17, 15) is 4.79 Å². The Balaban J connectivity index is 3.82. The summed E-state index contributed by atoms with van der Waals surface area (Å²) in [6, 6.07) is 0. The molecule has 0 N–H and O–H groups in total. The minimum absolute atomic E-state index is 0.102. The molecule has 8 heavy (non-hydrogen) atoms. The first-order valence-electron chi connectivity index (χ1n) is 2.57. The quantitative estimate of drug-likeness (QED) is 0.554. The summed E-state index contributed by atoms with van der Waals surface area (Å²) in [5.41, 5.74) is -0.102. The number of carbonyl (C=O) groups excluding carboxylic acids is 1. The van der Waals surface area contributed by atoms with E-state index in [-0.39, 0.29) is 20.4 Å². The third kappa shape index (κ3) is 2.49. The molecule has 0 amide bonds. The van der Waals surface area contributed by atoms with Gasteiger partial charge in [-0.2, -0.15) is 0 Å².